The number of amides is 2. The Morgan fingerprint density at radius 1 is 1.20 bits per heavy atom. The highest BCUT2D eigenvalue weighted by molar-refractivity contribution is 7.13. The standard InChI is InChI=1S/C21H20FN5O2S/c22-15-5-3-13(4-6-15)21-26-17(12-30-21)20(29)25-16-7-8-18(24-10-16)27-9-1-2-14(11-27)19(23)28/h3-8,10,12,14H,1-2,9,11H2,(H2,23,28)(H,25,29). The molecular weight excluding hydrogens is 405 g/mol. The third kappa shape index (κ3) is 4.46. The van der Waals surface area contributed by atoms with Crippen LogP contribution in [0.5, 0.6) is 0 Å². The van der Waals surface area contributed by atoms with Gasteiger partial charge in [0.1, 0.15) is 22.3 Å². The SMILES string of the molecule is NC(=O)C1CCCN(c2ccc(NC(=O)c3csc(-c4ccc(F)cc4)n3)cn2)C1. The topological polar surface area (TPSA) is 101 Å². The Bertz CT molecular complexity index is 1050. The second kappa shape index (κ2) is 8.58. The molecule has 0 aliphatic carbocycles. The van der Waals surface area contributed by atoms with Crippen LogP contribution < -0.4 is 16.0 Å². The molecule has 4 rings (SSSR count). The first kappa shape index (κ1) is 20.0. The lowest BCUT2D eigenvalue weighted by Crippen LogP contribution is -2.41. The Balaban J connectivity index is 1.40. The second-order valence-corrected chi connectivity index (χ2v) is 7.95. The Morgan fingerprint density at radius 3 is 2.70 bits per heavy atom. The van der Waals surface area contributed by atoms with Crippen molar-refractivity contribution in [2.45, 2.75) is 12.8 Å². The maximum Gasteiger partial charge on any atom is 0.275 e. The van der Waals surface area contributed by atoms with Gasteiger partial charge in [-0.3, -0.25) is 9.59 Å². The number of anilines is 2. The molecule has 3 N–H and O–H groups in total. The highest BCUT2D eigenvalue weighted by atomic mass is 32.1. The number of aromatic nitrogens is 2. The molecule has 1 saturated heterocycles. The third-order valence-electron chi connectivity index (χ3n) is 4.98. The lowest BCUT2D eigenvalue weighted by Gasteiger charge is -2.32. The van der Waals surface area contributed by atoms with Crippen LogP contribution in [-0.4, -0.2) is 34.9 Å². The molecule has 0 bridgehead atoms. The summed E-state index contributed by atoms with van der Waals surface area (Å²) in [5, 5.41) is 5.08. The molecule has 9 heteroatoms. The van der Waals surface area contributed by atoms with Gasteiger partial charge >= 0.3 is 0 Å². The number of rotatable bonds is 5. The number of piperidine rings is 1. The van der Waals surface area contributed by atoms with Gasteiger partial charge in [0.25, 0.3) is 5.91 Å². The van der Waals surface area contributed by atoms with Crippen molar-refractivity contribution >= 4 is 34.7 Å². The van der Waals surface area contributed by atoms with Crippen molar-refractivity contribution < 1.29 is 14.0 Å². The average Bonchev–Trinajstić information content (AvgIpc) is 3.25. The molecule has 1 aliphatic rings. The van der Waals surface area contributed by atoms with E-state index in [0.717, 1.165) is 30.8 Å². The van der Waals surface area contributed by atoms with E-state index in [1.807, 2.05) is 11.0 Å². The van der Waals surface area contributed by atoms with Gasteiger partial charge in [-0.25, -0.2) is 14.4 Å². The molecular formula is C21H20FN5O2S. The number of primary amides is 1. The smallest absolute Gasteiger partial charge is 0.275 e. The van der Waals surface area contributed by atoms with Gasteiger partial charge in [-0.15, -0.1) is 11.3 Å². The molecule has 1 atom stereocenters. The summed E-state index contributed by atoms with van der Waals surface area (Å²) >= 11 is 1.32. The molecule has 0 radical (unpaired) electrons. The first-order valence-electron chi connectivity index (χ1n) is 9.53. The molecule has 154 valence electrons. The summed E-state index contributed by atoms with van der Waals surface area (Å²) < 4.78 is 13.1. The Labute approximate surface area is 176 Å². The van der Waals surface area contributed by atoms with Crippen molar-refractivity contribution in [2.24, 2.45) is 11.7 Å². The van der Waals surface area contributed by atoms with Gasteiger partial charge in [0.2, 0.25) is 5.91 Å². The number of carbonyl (C=O) groups is 2. The third-order valence-corrected chi connectivity index (χ3v) is 5.87. The van der Waals surface area contributed by atoms with Crippen LogP contribution in [-0.2, 0) is 4.79 Å². The zero-order chi connectivity index (χ0) is 21.1. The molecule has 2 aromatic heterocycles. The number of hydrogen-bond donors (Lipinski definition) is 2. The van der Waals surface area contributed by atoms with Crippen molar-refractivity contribution in [2.75, 3.05) is 23.3 Å². The van der Waals surface area contributed by atoms with E-state index in [0.29, 0.717) is 17.2 Å². The van der Waals surface area contributed by atoms with Crippen LogP contribution in [0.1, 0.15) is 23.3 Å². The molecule has 1 aliphatic heterocycles. The minimum atomic E-state index is -0.346. The number of nitrogens with two attached hydrogens (primary N) is 1. The van der Waals surface area contributed by atoms with Crippen LogP contribution in [0, 0.1) is 11.7 Å². The van der Waals surface area contributed by atoms with E-state index in [9.17, 15) is 14.0 Å². The van der Waals surface area contributed by atoms with Crippen LogP contribution >= 0.6 is 11.3 Å². The van der Waals surface area contributed by atoms with Crippen LogP contribution in [0.4, 0.5) is 15.9 Å². The highest BCUT2D eigenvalue weighted by Gasteiger charge is 2.24. The predicted octanol–water partition coefficient (Wildman–Crippen LogP) is 3.30. The van der Waals surface area contributed by atoms with E-state index in [-0.39, 0.29) is 29.2 Å². The number of thiazole rings is 1. The zero-order valence-electron chi connectivity index (χ0n) is 16.0. The summed E-state index contributed by atoms with van der Waals surface area (Å²) in [6, 6.07) is 9.55. The number of nitrogens with one attached hydrogen (secondary N) is 1. The second-order valence-electron chi connectivity index (χ2n) is 7.09. The van der Waals surface area contributed by atoms with Crippen LogP contribution in [0.15, 0.2) is 48.0 Å². The number of pyridine rings is 1. The zero-order valence-corrected chi connectivity index (χ0v) is 16.9. The average molecular weight is 425 g/mol. The van der Waals surface area contributed by atoms with E-state index in [1.165, 1.54) is 23.5 Å². The summed E-state index contributed by atoms with van der Waals surface area (Å²) in [5.74, 6) is -0.377. The number of carbonyl (C=O) groups excluding carboxylic acids is 2. The molecule has 7 nitrogen and oxygen atoms in total. The van der Waals surface area contributed by atoms with Gasteiger partial charge in [-0.2, -0.15) is 0 Å². The van der Waals surface area contributed by atoms with E-state index in [2.05, 4.69) is 15.3 Å². The fraction of sp³-hybridized carbons (Fsp3) is 0.238. The number of halogens is 1. The number of benzene rings is 1. The molecule has 3 aromatic rings. The Morgan fingerprint density at radius 2 is 2.00 bits per heavy atom. The largest absolute Gasteiger partial charge is 0.369 e. The summed E-state index contributed by atoms with van der Waals surface area (Å²) in [4.78, 5) is 34.7. The van der Waals surface area contributed by atoms with Gasteiger partial charge in [-0.05, 0) is 49.2 Å². The van der Waals surface area contributed by atoms with Crippen molar-refractivity contribution in [3.8, 4) is 10.6 Å². The Hall–Kier alpha value is -3.33. The predicted molar refractivity (Wildman–Crippen MR) is 114 cm³/mol. The summed E-state index contributed by atoms with van der Waals surface area (Å²) in [7, 11) is 0. The van der Waals surface area contributed by atoms with Crippen LogP contribution in [0.2, 0.25) is 0 Å². The minimum Gasteiger partial charge on any atom is -0.369 e. The molecule has 2 amide bonds. The fourth-order valence-corrected chi connectivity index (χ4v) is 4.17. The molecule has 0 spiro atoms. The summed E-state index contributed by atoms with van der Waals surface area (Å²) in [6.07, 6.45) is 3.26. The maximum atomic E-state index is 13.1. The van der Waals surface area contributed by atoms with E-state index in [4.69, 9.17) is 5.73 Å². The molecule has 3 heterocycles. The van der Waals surface area contributed by atoms with Crippen molar-refractivity contribution in [1.82, 2.24) is 9.97 Å². The van der Waals surface area contributed by atoms with Gasteiger partial charge in [0.15, 0.2) is 0 Å². The molecule has 1 fully saturated rings. The maximum absolute atomic E-state index is 13.1. The van der Waals surface area contributed by atoms with Crippen molar-refractivity contribution in [3.05, 3.63) is 59.5 Å². The molecule has 0 saturated carbocycles. The molecule has 1 unspecified atom stereocenters. The quantitative estimate of drug-likeness (QED) is 0.653. The van der Waals surface area contributed by atoms with Gasteiger partial charge in [0.05, 0.1) is 17.8 Å². The van der Waals surface area contributed by atoms with E-state index < -0.39 is 0 Å². The highest BCUT2D eigenvalue weighted by Crippen LogP contribution is 2.25. The monoisotopic (exact) mass is 425 g/mol. The van der Waals surface area contributed by atoms with Gasteiger partial charge < -0.3 is 16.0 Å². The van der Waals surface area contributed by atoms with Crippen LogP contribution in [0.3, 0.4) is 0 Å². The fourth-order valence-electron chi connectivity index (χ4n) is 3.36. The van der Waals surface area contributed by atoms with Crippen LogP contribution in [0.25, 0.3) is 10.6 Å². The van der Waals surface area contributed by atoms with Crippen molar-refractivity contribution in [3.63, 3.8) is 0 Å². The first-order valence-corrected chi connectivity index (χ1v) is 10.4. The normalized spacial score (nSPS) is 16.3. The number of nitrogens with zero attached hydrogens (tertiary/aromatic N) is 3. The molecule has 30 heavy (non-hydrogen) atoms. The van der Waals surface area contributed by atoms with E-state index >= 15 is 0 Å². The number of hydrogen-bond acceptors (Lipinski definition) is 6. The first-order chi connectivity index (χ1) is 14.5. The van der Waals surface area contributed by atoms with Gasteiger partial charge in [0, 0.05) is 24.0 Å². The minimum absolute atomic E-state index is 0.167. The lowest BCUT2D eigenvalue weighted by molar-refractivity contribution is -0.122. The van der Waals surface area contributed by atoms with Gasteiger partial charge in [-0.1, -0.05) is 0 Å². The van der Waals surface area contributed by atoms with Crippen molar-refractivity contribution in [1.29, 1.82) is 0 Å². The van der Waals surface area contributed by atoms with E-state index in [1.54, 1.807) is 29.8 Å². The Kier molecular flexibility index (Phi) is 5.71. The lowest BCUT2D eigenvalue weighted by atomic mass is 9.97. The molecule has 1 aromatic carbocycles. The summed E-state index contributed by atoms with van der Waals surface area (Å²) in [5.41, 5.74) is 7.01. The summed E-state index contributed by atoms with van der Waals surface area (Å²) in [6.45, 7) is 1.37.